The van der Waals surface area contributed by atoms with Crippen molar-refractivity contribution in [3.05, 3.63) is 33.4 Å². The van der Waals surface area contributed by atoms with Gasteiger partial charge in [0.05, 0.1) is 16.7 Å². The summed E-state index contributed by atoms with van der Waals surface area (Å²) in [6.07, 6.45) is 21.1. The summed E-state index contributed by atoms with van der Waals surface area (Å²) < 4.78 is 0. The molecule has 0 aromatic heterocycles. The summed E-state index contributed by atoms with van der Waals surface area (Å²) in [5, 5.41) is 0. The lowest BCUT2D eigenvalue weighted by molar-refractivity contribution is 0.0690. The second-order valence-electron chi connectivity index (χ2n) is 20.9. The maximum absolute atomic E-state index is 3.94. The van der Waals surface area contributed by atoms with E-state index in [9.17, 15) is 0 Å². The summed E-state index contributed by atoms with van der Waals surface area (Å²) in [7, 11) is -3.09. The van der Waals surface area contributed by atoms with E-state index >= 15 is 0 Å². The molecule has 12 aliphatic carbocycles. The van der Waals surface area contributed by atoms with Crippen molar-refractivity contribution < 1.29 is 0 Å². The highest BCUT2D eigenvalue weighted by atomic mass is 28.3. The Bertz CT molecular complexity index is 1570. The quantitative estimate of drug-likeness (QED) is 0.176. The fourth-order valence-electron chi connectivity index (χ4n) is 13.6. The SMILES string of the molecule is C[Si](C)(C)C#CC(C#CC(C#CC(C#C[Si](C)(C)C)=C1C2CC3CC(C2)CC1C3)=C1C2CC3CC(C2)CC1C3)=C1C2CC3CC(C2)CC1C3. The molecule has 12 fully saturated rings. The third kappa shape index (κ3) is 6.58. The summed E-state index contributed by atoms with van der Waals surface area (Å²) in [5.41, 5.74) is 16.2. The molecule has 0 nitrogen and oxygen atoms in total. The summed E-state index contributed by atoms with van der Waals surface area (Å²) in [6.45, 7) is 14.3. The second kappa shape index (κ2) is 12.3. The highest BCUT2D eigenvalue weighted by Gasteiger charge is 2.48. The van der Waals surface area contributed by atoms with Gasteiger partial charge in [0.1, 0.15) is 16.1 Å². The number of rotatable bonds is 0. The first kappa shape index (κ1) is 32.8. The van der Waals surface area contributed by atoms with Gasteiger partial charge in [-0.1, -0.05) is 74.8 Å². The van der Waals surface area contributed by atoms with Gasteiger partial charge in [0, 0.05) is 0 Å². The van der Waals surface area contributed by atoms with Gasteiger partial charge in [0.2, 0.25) is 0 Å². The topological polar surface area (TPSA) is 0 Å². The molecule has 0 aliphatic heterocycles. The molecule has 256 valence electrons. The summed E-state index contributed by atoms with van der Waals surface area (Å²) in [5.74, 6) is 33.3. The van der Waals surface area contributed by atoms with E-state index in [-0.39, 0.29) is 0 Å². The van der Waals surface area contributed by atoms with Crippen molar-refractivity contribution >= 4 is 16.1 Å². The average molecular weight is 681 g/mol. The maximum atomic E-state index is 3.94. The molecule has 0 N–H and O–H groups in total. The molecular formula is C47H60Si2. The van der Waals surface area contributed by atoms with Gasteiger partial charge in [-0.2, -0.15) is 0 Å². The highest BCUT2D eigenvalue weighted by Crippen LogP contribution is 2.59. The molecule has 0 aromatic carbocycles. The van der Waals surface area contributed by atoms with Gasteiger partial charge in [-0.05, 0) is 184 Å². The molecular weight excluding hydrogens is 621 g/mol. The van der Waals surface area contributed by atoms with Crippen molar-refractivity contribution in [2.24, 2.45) is 71.0 Å². The highest BCUT2D eigenvalue weighted by molar-refractivity contribution is 6.84. The molecule has 12 bridgehead atoms. The van der Waals surface area contributed by atoms with Crippen LogP contribution in [0.1, 0.15) is 96.3 Å². The fraction of sp³-hybridized carbons (Fsp3) is 0.702. The molecule has 12 rings (SSSR count). The lowest BCUT2D eigenvalue weighted by atomic mass is 9.53. The lowest BCUT2D eigenvalue weighted by Crippen LogP contribution is -2.41. The van der Waals surface area contributed by atoms with Crippen LogP contribution in [0.3, 0.4) is 0 Å². The van der Waals surface area contributed by atoms with Crippen molar-refractivity contribution in [3.8, 4) is 46.6 Å². The Hall–Kier alpha value is -2.11. The molecule has 0 spiro atoms. The predicted octanol–water partition coefficient (Wildman–Crippen LogP) is 11.0. The van der Waals surface area contributed by atoms with Gasteiger partial charge in [-0.15, -0.1) is 11.1 Å². The van der Waals surface area contributed by atoms with E-state index in [4.69, 9.17) is 0 Å². The first-order valence-electron chi connectivity index (χ1n) is 20.7. The van der Waals surface area contributed by atoms with E-state index in [0.717, 1.165) is 59.2 Å². The summed E-state index contributed by atoms with van der Waals surface area (Å²) in [4.78, 5) is 0. The van der Waals surface area contributed by atoms with Gasteiger partial charge in [0.15, 0.2) is 0 Å². The van der Waals surface area contributed by atoms with E-state index in [1.165, 1.54) is 113 Å². The van der Waals surface area contributed by atoms with Crippen molar-refractivity contribution in [1.82, 2.24) is 0 Å². The van der Waals surface area contributed by atoms with Gasteiger partial charge >= 0.3 is 0 Å². The molecule has 12 aliphatic rings. The zero-order chi connectivity index (χ0) is 33.7. The molecule has 2 heteroatoms. The minimum Gasteiger partial charge on any atom is -0.126 e. The molecule has 0 radical (unpaired) electrons. The van der Waals surface area contributed by atoms with Crippen molar-refractivity contribution in [2.45, 2.75) is 136 Å². The first-order chi connectivity index (χ1) is 23.4. The molecule has 0 saturated heterocycles. The Morgan fingerprint density at radius 3 is 0.735 bits per heavy atom. The number of hydrogen-bond donors (Lipinski definition) is 0. The average Bonchev–Trinajstić information content (AvgIpc) is 2.99. The lowest BCUT2D eigenvalue weighted by Gasteiger charge is -2.51. The number of hydrogen-bond acceptors (Lipinski definition) is 0. The molecule has 0 heterocycles. The van der Waals surface area contributed by atoms with Crippen LogP contribution in [0.5, 0.6) is 0 Å². The van der Waals surface area contributed by atoms with Crippen LogP contribution in [0.4, 0.5) is 0 Å². The van der Waals surface area contributed by atoms with E-state index in [1.807, 2.05) is 0 Å². The van der Waals surface area contributed by atoms with Crippen molar-refractivity contribution in [3.63, 3.8) is 0 Å². The van der Waals surface area contributed by atoms with Crippen LogP contribution in [0.15, 0.2) is 33.4 Å². The molecule has 49 heavy (non-hydrogen) atoms. The third-order valence-corrected chi connectivity index (χ3v) is 16.4. The van der Waals surface area contributed by atoms with E-state index in [2.05, 4.69) is 85.9 Å². The molecule has 12 saturated carbocycles. The molecule has 0 atom stereocenters. The first-order valence-corrected chi connectivity index (χ1v) is 27.7. The van der Waals surface area contributed by atoms with Crippen LogP contribution in [-0.4, -0.2) is 16.1 Å². The largest absolute Gasteiger partial charge is 0.129 e. The van der Waals surface area contributed by atoms with Gasteiger partial charge in [-0.25, -0.2) is 0 Å². The van der Waals surface area contributed by atoms with Crippen LogP contribution in [0.25, 0.3) is 0 Å². The molecule has 0 unspecified atom stereocenters. The normalized spacial score (nSPS) is 40.1. The van der Waals surface area contributed by atoms with Crippen LogP contribution in [0, 0.1) is 118 Å². The zero-order valence-electron chi connectivity index (χ0n) is 31.5. The third-order valence-electron chi connectivity index (χ3n) is 14.7. The Labute approximate surface area is 301 Å². The zero-order valence-corrected chi connectivity index (χ0v) is 33.5. The van der Waals surface area contributed by atoms with Gasteiger partial charge < -0.3 is 0 Å². The fourth-order valence-corrected chi connectivity index (χ4v) is 14.6. The Morgan fingerprint density at radius 2 is 0.531 bits per heavy atom. The van der Waals surface area contributed by atoms with Crippen molar-refractivity contribution in [1.29, 1.82) is 0 Å². The summed E-state index contributed by atoms with van der Waals surface area (Å²) in [6, 6.07) is 0. The Morgan fingerprint density at radius 1 is 0.327 bits per heavy atom. The van der Waals surface area contributed by atoms with E-state index in [0.29, 0.717) is 11.8 Å². The van der Waals surface area contributed by atoms with Crippen molar-refractivity contribution in [2.75, 3.05) is 0 Å². The Balaban J connectivity index is 1.18. The van der Waals surface area contributed by atoms with Crippen LogP contribution >= 0.6 is 0 Å². The van der Waals surface area contributed by atoms with E-state index < -0.39 is 16.1 Å². The monoisotopic (exact) mass is 680 g/mol. The summed E-state index contributed by atoms with van der Waals surface area (Å²) >= 11 is 0. The van der Waals surface area contributed by atoms with E-state index in [1.54, 1.807) is 16.7 Å². The smallest absolute Gasteiger partial charge is 0.126 e. The minimum atomic E-state index is -1.54. The predicted molar refractivity (Wildman–Crippen MR) is 210 cm³/mol. The van der Waals surface area contributed by atoms with Gasteiger partial charge in [0.25, 0.3) is 0 Å². The van der Waals surface area contributed by atoms with Crippen LogP contribution in [0.2, 0.25) is 39.3 Å². The van der Waals surface area contributed by atoms with Crippen LogP contribution in [-0.2, 0) is 0 Å². The second-order valence-corrected chi connectivity index (χ2v) is 30.4. The van der Waals surface area contributed by atoms with Gasteiger partial charge in [-0.3, -0.25) is 0 Å². The van der Waals surface area contributed by atoms with Crippen LogP contribution < -0.4 is 0 Å². The minimum absolute atomic E-state index is 0.700. The molecule has 0 amide bonds. The standard InChI is InChI=1S/C47H60Si2/c1-48(2,3)13-11-37(46-41-22-32-16-33(24-41)25-42(46)23-32)9-7-36(45-39-18-30-15-31(20-39)21-40(45)19-30)8-10-38(12-14-49(4,5)6)47-43-26-34-17-35(28-43)29-44(47)27-34/h30-35,39-44H,15-29H2,1-6H3. The maximum Gasteiger partial charge on any atom is 0.129 e. The molecule has 0 aromatic rings. The number of allylic oxidation sites excluding steroid dienone is 6. The Kier molecular flexibility index (Phi) is 8.19.